The molecule has 2 fully saturated rings. The van der Waals surface area contributed by atoms with Crippen molar-refractivity contribution in [2.75, 3.05) is 31.1 Å². The molecular weight excluding hydrogens is 340 g/mol. The van der Waals surface area contributed by atoms with Crippen LogP contribution in [0.1, 0.15) is 23.2 Å². The summed E-state index contributed by atoms with van der Waals surface area (Å²) in [5.74, 6) is -1.18. The van der Waals surface area contributed by atoms with Crippen molar-refractivity contribution >= 4 is 29.5 Å². The van der Waals surface area contributed by atoms with Crippen LogP contribution in [-0.4, -0.2) is 66.0 Å². The molecule has 2 aliphatic heterocycles. The van der Waals surface area contributed by atoms with Crippen LogP contribution in [0, 0.1) is 0 Å². The lowest BCUT2D eigenvalue weighted by Gasteiger charge is -2.34. The third kappa shape index (κ3) is 3.93. The summed E-state index contributed by atoms with van der Waals surface area (Å²) in [6, 6.07) is 6.23. The topological polar surface area (TPSA) is 119 Å². The van der Waals surface area contributed by atoms with Crippen LogP contribution in [0.2, 0.25) is 0 Å². The predicted octanol–water partition coefficient (Wildman–Crippen LogP) is 0.0216. The minimum atomic E-state index is -0.912. The van der Waals surface area contributed by atoms with Crippen LogP contribution in [0.15, 0.2) is 24.3 Å². The number of nitrogens with zero attached hydrogens (tertiary/aromatic N) is 2. The van der Waals surface area contributed by atoms with Crippen LogP contribution in [0.5, 0.6) is 0 Å². The maximum atomic E-state index is 12.3. The largest absolute Gasteiger partial charge is 0.465 e. The highest BCUT2D eigenvalue weighted by Gasteiger charge is 2.28. The van der Waals surface area contributed by atoms with Gasteiger partial charge in [-0.1, -0.05) is 0 Å². The first-order valence-electron chi connectivity index (χ1n) is 8.41. The van der Waals surface area contributed by atoms with E-state index in [2.05, 4.69) is 15.5 Å². The van der Waals surface area contributed by atoms with Crippen LogP contribution in [0.25, 0.3) is 0 Å². The Labute approximate surface area is 149 Å². The van der Waals surface area contributed by atoms with E-state index in [9.17, 15) is 19.2 Å². The minimum Gasteiger partial charge on any atom is -0.465 e. The van der Waals surface area contributed by atoms with E-state index < -0.39 is 18.0 Å². The van der Waals surface area contributed by atoms with Gasteiger partial charge in [0.15, 0.2) is 0 Å². The number of hydrogen-bond donors (Lipinski definition) is 3. The summed E-state index contributed by atoms with van der Waals surface area (Å²) in [5.41, 5.74) is 1.33. The summed E-state index contributed by atoms with van der Waals surface area (Å²) < 4.78 is 0. The van der Waals surface area contributed by atoms with E-state index >= 15 is 0 Å². The normalized spacial score (nSPS) is 20.5. The van der Waals surface area contributed by atoms with Gasteiger partial charge in [-0.05, 0) is 30.7 Å². The molecule has 3 N–H and O–H groups in total. The number of nitrogens with one attached hydrogen (secondary N) is 2. The Kier molecular flexibility index (Phi) is 5.06. The molecule has 2 saturated heterocycles. The molecule has 2 aliphatic rings. The monoisotopic (exact) mass is 360 g/mol. The first kappa shape index (κ1) is 17.7. The van der Waals surface area contributed by atoms with Crippen LogP contribution in [-0.2, 0) is 9.59 Å². The Morgan fingerprint density at radius 3 is 2.31 bits per heavy atom. The average Bonchev–Trinajstić information content (AvgIpc) is 2.64. The van der Waals surface area contributed by atoms with Gasteiger partial charge in [0.05, 0.1) is 0 Å². The predicted molar refractivity (Wildman–Crippen MR) is 91.9 cm³/mol. The van der Waals surface area contributed by atoms with Crippen molar-refractivity contribution in [1.29, 1.82) is 0 Å². The molecule has 4 amide bonds. The van der Waals surface area contributed by atoms with Gasteiger partial charge in [0.2, 0.25) is 11.8 Å². The van der Waals surface area contributed by atoms with Gasteiger partial charge in [-0.3, -0.25) is 19.7 Å². The third-order valence-electron chi connectivity index (χ3n) is 4.59. The smallest absolute Gasteiger partial charge is 0.407 e. The van der Waals surface area contributed by atoms with Crippen molar-refractivity contribution in [3.8, 4) is 0 Å². The summed E-state index contributed by atoms with van der Waals surface area (Å²) in [7, 11) is 0. The van der Waals surface area contributed by atoms with Crippen molar-refractivity contribution in [3.05, 3.63) is 29.8 Å². The fourth-order valence-corrected chi connectivity index (χ4v) is 3.05. The highest BCUT2D eigenvalue weighted by atomic mass is 16.4. The second-order valence-electron chi connectivity index (χ2n) is 6.28. The van der Waals surface area contributed by atoms with E-state index in [1.807, 2.05) is 0 Å². The standard InChI is InChI=1S/C17H20N4O5/c22-14-6-5-13(16(24)19-14)18-15(23)11-1-3-12(4-2-11)20-7-9-21(10-8-20)17(25)26/h1-4,13H,5-10H2,(H,18,23)(H,25,26)(H,19,22,24). The minimum absolute atomic E-state index is 0.206. The number of amides is 4. The van der Waals surface area contributed by atoms with E-state index in [4.69, 9.17) is 5.11 Å². The molecule has 3 rings (SSSR count). The number of imide groups is 1. The van der Waals surface area contributed by atoms with Gasteiger partial charge < -0.3 is 20.2 Å². The van der Waals surface area contributed by atoms with Crippen LogP contribution in [0.3, 0.4) is 0 Å². The molecule has 0 bridgehead atoms. The lowest BCUT2D eigenvalue weighted by Crippen LogP contribution is -2.52. The maximum Gasteiger partial charge on any atom is 0.407 e. The summed E-state index contributed by atoms with van der Waals surface area (Å²) in [6.45, 7) is 2.06. The van der Waals surface area contributed by atoms with Crippen LogP contribution < -0.4 is 15.5 Å². The number of rotatable bonds is 3. The van der Waals surface area contributed by atoms with Gasteiger partial charge in [-0.25, -0.2) is 4.79 Å². The molecule has 138 valence electrons. The zero-order chi connectivity index (χ0) is 18.7. The molecule has 1 aromatic carbocycles. The number of hydrogen-bond acceptors (Lipinski definition) is 5. The number of benzene rings is 1. The number of carboxylic acid groups (broad SMARTS) is 1. The molecule has 26 heavy (non-hydrogen) atoms. The van der Waals surface area contributed by atoms with Crippen molar-refractivity contribution in [2.45, 2.75) is 18.9 Å². The number of piperazine rings is 1. The zero-order valence-electron chi connectivity index (χ0n) is 14.1. The summed E-state index contributed by atoms with van der Waals surface area (Å²) >= 11 is 0. The molecule has 2 heterocycles. The van der Waals surface area contributed by atoms with Crippen LogP contribution >= 0.6 is 0 Å². The van der Waals surface area contributed by atoms with E-state index in [1.54, 1.807) is 24.3 Å². The van der Waals surface area contributed by atoms with E-state index in [-0.39, 0.29) is 18.2 Å². The third-order valence-corrected chi connectivity index (χ3v) is 4.59. The number of carbonyl (C=O) groups is 4. The second-order valence-corrected chi connectivity index (χ2v) is 6.28. The zero-order valence-corrected chi connectivity index (χ0v) is 14.1. The molecule has 9 heteroatoms. The average molecular weight is 360 g/mol. The SMILES string of the molecule is O=C1CCC(NC(=O)c2ccc(N3CCN(C(=O)O)CC3)cc2)C(=O)N1. The van der Waals surface area contributed by atoms with Gasteiger partial charge in [0.25, 0.3) is 5.91 Å². The Morgan fingerprint density at radius 2 is 1.73 bits per heavy atom. The number of anilines is 1. The Balaban J connectivity index is 1.57. The highest BCUT2D eigenvalue weighted by molar-refractivity contribution is 6.03. The summed E-state index contributed by atoms with van der Waals surface area (Å²) in [5, 5.41) is 13.8. The molecule has 9 nitrogen and oxygen atoms in total. The maximum absolute atomic E-state index is 12.3. The number of piperidine rings is 1. The second kappa shape index (κ2) is 7.42. The molecule has 0 spiro atoms. The molecule has 1 aromatic rings. The van der Waals surface area contributed by atoms with Crippen molar-refractivity contribution in [3.63, 3.8) is 0 Å². The fraction of sp³-hybridized carbons (Fsp3) is 0.412. The summed E-state index contributed by atoms with van der Waals surface area (Å²) in [6.07, 6.45) is -0.412. The van der Waals surface area contributed by atoms with E-state index in [1.165, 1.54) is 4.90 Å². The van der Waals surface area contributed by atoms with Gasteiger partial charge in [-0.2, -0.15) is 0 Å². The van der Waals surface area contributed by atoms with Gasteiger partial charge in [0.1, 0.15) is 6.04 Å². The first-order valence-corrected chi connectivity index (χ1v) is 8.41. The molecule has 0 saturated carbocycles. The first-order chi connectivity index (χ1) is 12.4. The molecule has 1 unspecified atom stereocenters. The van der Waals surface area contributed by atoms with E-state index in [0.717, 1.165) is 5.69 Å². The van der Waals surface area contributed by atoms with Crippen molar-refractivity contribution in [1.82, 2.24) is 15.5 Å². The summed E-state index contributed by atoms with van der Waals surface area (Å²) in [4.78, 5) is 49.5. The van der Waals surface area contributed by atoms with E-state index in [0.29, 0.717) is 38.2 Å². The molecule has 1 atom stereocenters. The molecular formula is C17H20N4O5. The highest BCUT2D eigenvalue weighted by Crippen LogP contribution is 2.18. The number of carbonyl (C=O) groups excluding carboxylic acids is 3. The Morgan fingerprint density at radius 1 is 1.08 bits per heavy atom. The molecule has 0 aromatic heterocycles. The lowest BCUT2D eigenvalue weighted by atomic mass is 10.1. The van der Waals surface area contributed by atoms with Gasteiger partial charge in [-0.15, -0.1) is 0 Å². The quantitative estimate of drug-likeness (QED) is 0.654. The van der Waals surface area contributed by atoms with Gasteiger partial charge >= 0.3 is 6.09 Å². The Hall–Kier alpha value is -3.10. The molecule has 0 aliphatic carbocycles. The molecule has 0 radical (unpaired) electrons. The van der Waals surface area contributed by atoms with Crippen molar-refractivity contribution < 1.29 is 24.3 Å². The van der Waals surface area contributed by atoms with Crippen LogP contribution in [0.4, 0.5) is 10.5 Å². The fourth-order valence-electron chi connectivity index (χ4n) is 3.05. The Bertz CT molecular complexity index is 725. The van der Waals surface area contributed by atoms with Gasteiger partial charge in [0, 0.05) is 43.9 Å². The lowest BCUT2D eigenvalue weighted by molar-refractivity contribution is -0.134. The van der Waals surface area contributed by atoms with Crippen molar-refractivity contribution in [2.24, 2.45) is 0 Å².